The number of hydrogen-bond acceptors (Lipinski definition) is 7. The van der Waals surface area contributed by atoms with Crippen LogP contribution in [0, 0.1) is 24.1 Å². The van der Waals surface area contributed by atoms with Gasteiger partial charge in [0.2, 0.25) is 0 Å². The monoisotopic (exact) mass is 447 g/mol. The van der Waals surface area contributed by atoms with E-state index in [0.29, 0.717) is 5.56 Å². The standard InChI is InChI=1S/C21H22N3O2.ClHO4/c1-13-10-15-16(20(25)26-5)12-19-17-8-6-7-9-23(17)21(22(3)4)24(19)18(15)11-14(13)2;2-1(3,4)5/h6-12H,1-5H3;(H,2,3,4,5)/q+1;/p-1. The highest BCUT2D eigenvalue weighted by Crippen LogP contribution is 2.30. The van der Waals surface area contributed by atoms with Gasteiger partial charge in [-0.05, 0) is 55.3 Å². The van der Waals surface area contributed by atoms with E-state index in [2.05, 4.69) is 45.7 Å². The molecule has 0 unspecified atom stereocenters. The lowest BCUT2D eigenvalue weighted by molar-refractivity contribution is -2.00. The van der Waals surface area contributed by atoms with Gasteiger partial charge in [0.05, 0.1) is 33.0 Å². The van der Waals surface area contributed by atoms with Gasteiger partial charge >= 0.3 is 11.9 Å². The number of imidazole rings is 1. The van der Waals surface area contributed by atoms with E-state index in [-0.39, 0.29) is 5.97 Å². The Morgan fingerprint density at radius 2 is 1.65 bits per heavy atom. The average Bonchev–Trinajstić information content (AvgIpc) is 3.01. The van der Waals surface area contributed by atoms with Crippen LogP contribution in [-0.2, 0) is 4.74 Å². The van der Waals surface area contributed by atoms with Gasteiger partial charge in [0.15, 0.2) is 0 Å². The van der Waals surface area contributed by atoms with Crippen molar-refractivity contribution in [2.24, 2.45) is 0 Å². The molecule has 0 saturated carbocycles. The quantitative estimate of drug-likeness (QED) is 0.271. The van der Waals surface area contributed by atoms with Crippen LogP contribution >= 0.6 is 0 Å². The number of fused-ring (bicyclic) bond motifs is 5. The lowest BCUT2D eigenvalue weighted by Crippen LogP contribution is -2.68. The third-order valence-corrected chi connectivity index (χ3v) is 5.01. The van der Waals surface area contributed by atoms with Crippen molar-refractivity contribution >= 4 is 33.9 Å². The molecule has 9 nitrogen and oxygen atoms in total. The van der Waals surface area contributed by atoms with Crippen LogP contribution in [0.5, 0.6) is 0 Å². The summed E-state index contributed by atoms with van der Waals surface area (Å²) in [4.78, 5) is 14.6. The number of rotatable bonds is 2. The molecule has 0 aliphatic carbocycles. The maximum atomic E-state index is 12.5. The van der Waals surface area contributed by atoms with E-state index in [1.54, 1.807) is 0 Å². The molecule has 3 aromatic heterocycles. The highest BCUT2D eigenvalue weighted by molar-refractivity contribution is 6.07. The minimum atomic E-state index is -4.94. The maximum absolute atomic E-state index is 12.5. The van der Waals surface area contributed by atoms with Gasteiger partial charge in [-0.25, -0.2) is 27.8 Å². The highest BCUT2D eigenvalue weighted by atomic mass is 35.7. The van der Waals surface area contributed by atoms with E-state index < -0.39 is 10.2 Å². The summed E-state index contributed by atoms with van der Waals surface area (Å²) < 4.78 is 43.4. The summed E-state index contributed by atoms with van der Waals surface area (Å²) in [5.74, 6) is 0.711. The van der Waals surface area contributed by atoms with Gasteiger partial charge in [0, 0.05) is 5.39 Å². The Morgan fingerprint density at radius 3 is 2.23 bits per heavy atom. The second-order valence-electron chi connectivity index (χ2n) is 7.25. The highest BCUT2D eigenvalue weighted by Gasteiger charge is 2.26. The molecule has 0 aliphatic rings. The fraction of sp³-hybridized carbons (Fsp3) is 0.238. The minimum absolute atomic E-state index is 0.317. The summed E-state index contributed by atoms with van der Waals surface area (Å²) in [6, 6.07) is 12.2. The molecular weight excluding hydrogens is 426 g/mol. The topological polar surface area (TPSA) is 130 Å². The summed E-state index contributed by atoms with van der Waals surface area (Å²) in [7, 11) is 0.542. The molecule has 0 radical (unpaired) electrons. The number of pyridine rings is 2. The average molecular weight is 448 g/mol. The molecule has 0 atom stereocenters. The summed E-state index contributed by atoms with van der Waals surface area (Å²) in [6.07, 6.45) is 2.04. The fourth-order valence-corrected chi connectivity index (χ4v) is 3.64. The zero-order valence-electron chi connectivity index (χ0n) is 17.7. The second-order valence-corrected chi connectivity index (χ2v) is 8.01. The molecule has 4 aromatic rings. The number of anilines is 1. The Kier molecular flexibility index (Phi) is 6.08. The Balaban J connectivity index is 0.000000491. The molecule has 0 bridgehead atoms. The summed E-state index contributed by atoms with van der Waals surface area (Å²) in [6.45, 7) is 4.16. The van der Waals surface area contributed by atoms with Crippen molar-refractivity contribution in [3.63, 3.8) is 0 Å². The largest absolute Gasteiger partial charge is 0.465 e. The molecule has 0 aliphatic heterocycles. The van der Waals surface area contributed by atoms with Gasteiger partial charge in [-0.3, -0.25) is 4.90 Å². The smallest absolute Gasteiger partial charge is 0.369 e. The first-order chi connectivity index (χ1) is 14.4. The maximum Gasteiger partial charge on any atom is 0.369 e. The summed E-state index contributed by atoms with van der Waals surface area (Å²) in [5, 5.41) is 0.899. The molecule has 164 valence electrons. The van der Waals surface area contributed by atoms with E-state index in [1.807, 2.05) is 38.5 Å². The Bertz CT molecular complexity index is 1290. The molecule has 0 amide bonds. The van der Waals surface area contributed by atoms with Crippen LogP contribution in [0.4, 0.5) is 5.95 Å². The normalized spacial score (nSPS) is 11.5. The number of halogens is 1. The van der Waals surface area contributed by atoms with Gasteiger partial charge in [0.25, 0.3) is 0 Å². The van der Waals surface area contributed by atoms with Crippen LogP contribution in [0.25, 0.3) is 21.9 Å². The first kappa shape index (κ1) is 22.7. The summed E-state index contributed by atoms with van der Waals surface area (Å²) in [5.41, 5.74) is 5.95. The molecule has 1 aromatic carbocycles. The molecule has 0 N–H and O–H groups in total. The predicted molar refractivity (Wildman–Crippen MR) is 103 cm³/mol. The molecule has 3 heterocycles. The lowest BCUT2D eigenvalue weighted by Gasteiger charge is -2.17. The number of aryl methyl sites for hydroxylation is 2. The second kappa shape index (κ2) is 8.29. The van der Waals surface area contributed by atoms with Crippen LogP contribution in [0.1, 0.15) is 21.5 Å². The molecule has 31 heavy (non-hydrogen) atoms. The molecule has 10 heteroatoms. The Labute approximate surface area is 180 Å². The van der Waals surface area contributed by atoms with Crippen LogP contribution in [-0.4, -0.2) is 31.6 Å². The number of ether oxygens (including phenoxy) is 1. The first-order valence-corrected chi connectivity index (χ1v) is 10.4. The molecule has 0 spiro atoms. The van der Waals surface area contributed by atoms with E-state index in [4.69, 9.17) is 23.4 Å². The number of aromatic nitrogens is 2. The number of nitrogens with zero attached hydrogens (tertiary/aromatic N) is 3. The zero-order chi connectivity index (χ0) is 23.1. The third kappa shape index (κ3) is 4.41. The van der Waals surface area contributed by atoms with Gasteiger partial charge in [-0.2, -0.15) is 4.40 Å². The third-order valence-electron chi connectivity index (χ3n) is 5.01. The van der Waals surface area contributed by atoms with Gasteiger partial charge in [0.1, 0.15) is 16.6 Å². The van der Waals surface area contributed by atoms with Crippen molar-refractivity contribution < 1.29 is 42.8 Å². The molecule has 4 rings (SSSR count). The van der Waals surface area contributed by atoms with Gasteiger partial charge in [-0.15, -0.1) is 10.2 Å². The minimum Gasteiger partial charge on any atom is -0.465 e. The van der Waals surface area contributed by atoms with E-state index >= 15 is 0 Å². The predicted octanol–water partition coefficient (Wildman–Crippen LogP) is -1.46. The number of esters is 1. The SMILES string of the molecule is COC(=O)c1cc2c3cccc[n+]3c(N(C)C)n2c2cc(C)c(C)cc12.[O-][Cl+3]([O-])([O-])[O-]. The lowest BCUT2D eigenvalue weighted by atomic mass is 10.0. The van der Waals surface area contributed by atoms with Crippen molar-refractivity contribution in [1.82, 2.24) is 4.40 Å². The van der Waals surface area contributed by atoms with E-state index in [1.165, 1.54) is 12.7 Å². The van der Waals surface area contributed by atoms with Crippen molar-refractivity contribution in [2.75, 3.05) is 26.1 Å². The fourth-order valence-electron chi connectivity index (χ4n) is 3.64. The number of methoxy groups -OCH3 is 1. The van der Waals surface area contributed by atoms with Crippen molar-refractivity contribution in [1.29, 1.82) is 0 Å². The Hall–Kier alpha value is -2.95. The molecular formula is C21H22ClN3O6. The Morgan fingerprint density at radius 1 is 1.03 bits per heavy atom. The van der Waals surface area contributed by atoms with Crippen molar-refractivity contribution in [2.45, 2.75) is 13.8 Å². The number of hydrogen-bond donors (Lipinski definition) is 0. The van der Waals surface area contributed by atoms with Crippen LogP contribution in [0.15, 0.2) is 42.6 Å². The van der Waals surface area contributed by atoms with E-state index in [0.717, 1.165) is 33.4 Å². The first-order valence-electron chi connectivity index (χ1n) is 9.20. The zero-order valence-corrected chi connectivity index (χ0v) is 18.5. The van der Waals surface area contributed by atoms with Gasteiger partial charge < -0.3 is 4.74 Å². The number of carbonyl (C=O) groups excluding carboxylic acids is 1. The number of benzene rings is 1. The van der Waals surface area contributed by atoms with Crippen LogP contribution in [0.2, 0.25) is 0 Å². The van der Waals surface area contributed by atoms with Crippen molar-refractivity contribution in [3.05, 3.63) is 59.3 Å². The summed E-state index contributed by atoms with van der Waals surface area (Å²) >= 11 is 0. The van der Waals surface area contributed by atoms with Crippen LogP contribution in [0.3, 0.4) is 0 Å². The van der Waals surface area contributed by atoms with E-state index in [9.17, 15) is 4.79 Å². The molecule has 0 fully saturated rings. The van der Waals surface area contributed by atoms with Crippen molar-refractivity contribution in [3.8, 4) is 0 Å². The van der Waals surface area contributed by atoms with Crippen LogP contribution < -0.4 is 27.9 Å². The number of carbonyl (C=O) groups is 1. The molecule has 0 saturated heterocycles. The van der Waals surface area contributed by atoms with Gasteiger partial charge in [-0.1, -0.05) is 6.07 Å².